The van der Waals surface area contributed by atoms with E-state index in [2.05, 4.69) is 10.0 Å². The minimum Gasteiger partial charge on any atom is -0.354 e. The van der Waals surface area contributed by atoms with Gasteiger partial charge in [-0.3, -0.25) is 4.79 Å². The lowest BCUT2D eigenvalue weighted by Crippen LogP contribution is -2.51. The van der Waals surface area contributed by atoms with E-state index in [4.69, 9.17) is 5.73 Å². The third-order valence-corrected chi connectivity index (χ3v) is 5.05. The van der Waals surface area contributed by atoms with Gasteiger partial charge in [0.05, 0.1) is 0 Å². The molecule has 4 N–H and O–H groups in total. The topological polar surface area (TPSA) is 106 Å². The van der Waals surface area contributed by atoms with Crippen LogP contribution in [0, 0.1) is 5.92 Å². The number of hydrogen-bond donors (Lipinski definition) is 3. The smallest absolute Gasteiger partial charge is 0.267 e. The van der Waals surface area contributed by atoms with Gasteiger partial charge in [0, 0.05) is 32.4 Å². The number of carbonyl (C=O) groups is 1. The van der Waals surface area contributed by atoms with Gasteiger partial charge in [0.25, 0.3) is 5.91 Å². The number of nitrogens with zero attached hydrogens (tertiary/aromatic N) is 1. The molecular formula is C14H27ClN4O3S. The summed E-state index contributed by atoms with van der Waals surface area (Å²) in [4.78, 5) is 11.7. The van der Waals surface area contributed by atoms with E-state index in [0.29, 0.717) is 12.3 Å². The van der Waals surface area contributed by atoms with Crippen LogP contribution >= 0.6 is 12.4 Å². The summed E-state index contributed by atoms with van der Waals surface area (Å²) in [5, 5.41) is 2.48. The second-order valence-electron chi connectivity index (χ2n) is 6.22. The number of aromatic nitrogens is 1. The molecule has 23 heavy (non-hydrogen) atoms. The SMILES string of the molecule is CNC(=O)c1cc(S(=O)(=O)NC(C)(CN)CC(C)C)cn1C.Cl. The average molecular weight is 367 g/mol. The lowest BCUT2D eigenvalue weighted by molar-refractivity contribution is 0.0955. The molecule has 0 aliphatic carbocycles. The fourth-order valence-corrected chi connectivity index (χ4v) is 3.98. The highest BCUT2D eigenvalue weighted by Crippen LogP contribution is 2.20. The summed E-state index contributed by atoms with van der Waals surface area (Å²) >= 11 is 0. The van der Waals surface area contributed by atoms with Gasteiger partial charge in [-0.1, -0.05) is 13.8 Å². The van der Waals surface area contributed by atoms with Gasteiger partial charge in [-0.15, -0.1) is 12.4 Å². The van der Waals surface area contributed by atoms with Crippen LogP contribution in [-0.4, -0.2) is 38.0 Å². The number of nitrogens with one attached hydrogen (secondary N) is 2. The van der Waals surface area contributed by atoms with Crippen molar-refractivity contribution >= 4 is 28.3 Å². The molecule has 0 fully saturated rings. The third kappa shape index (κ3) is 5.49. The Morgan fingerprint density at radius 2 is 2.00 bits per heavy atom. The number of carbonyl (C=O) groups excluding carboxylic acids is 1. The van der Waals surface area contributed by atoms with Crippen LogP contribution in [0.2, 0.25) is 0 Å². The molecule has 1 atom stereocenters. The summed E-state index contributed by atoms with van der Waals surface area (Å²) in [6.07, 6.45) is 2.04. The summed E-state index contributed by atoms with van der Waals surface area (Å²) in [7, 11) is -0.629. The van der Waals surface area contributed by atoms with Crippen molar-refractivity contribution in [1.82, 2.24) is 14.6 Å². The van der Waals surface area contributed by atoms with Crippen LogP contribution in [0.25, 0.3) is 0 Å². The zero-order chi connectivity index (χ0) is 17.1. The number of halogens is 1. The highest BCUT2D eigenvalue weighted by Gasteiger charge is 2.31. The maximum Gasteiger partial charge on any atom is 0.267 e. The number of sulfonamides is 1. The molecule has 1 rings (SSSR count). The Morgan fingerprint density at radius 1 is 1.43 bits per heavy atom. The van der Waals surface area contributed by atoms with Gasteiger partial charge in [-0.2, -0.15) is 0 Å². The minimum atomic E-state index is -3.75. The quantitative estimate of drug-likeness (QED) is 0.665. The molecule has 0 spiro atoms. The van der Waals surface area contributed by atoms with Crippen molar-refractivity contribution in [3.63, 3.8) is 0 Å². The van der Waals surface area contributed by atoms with E-state index >= 15 is 0 Å². The first-order chi connectivity index (χ1) is 10.0. The van der Waals surface area contributed by atoms with E-state index in [1.165, 1.54) is 23.9 Å². The Bertz CT molecular complexity index is 642. The lowest BCUT2D eigenvalue weighted by Gasteiger charge is -2.30. The fourth-order valence-electron chi connectivity index (χ4n) is 2.49. The van der Waals surface area contributed by atoms with Gasteiger partial charge in [-0.05, 0) is 25.3 Å². The van der Waals surface area contributed by atoms with Crippen LogP contribution in [-0.2, 0) is 17.1 Å². The second-order valence-corrected chi connectivity index (χ2v) is 7.90. The molecule has 0 aliphatic rings. The normalized spacial score (nSPS) is 14.2. The van der Waals surface area contributed by atoms with Crippen LogP contribution < -0.4 is 15.8 Å². The Balaban J connectivity index is 0.00000484. The Hall–Kier alpha value is -1.09. The van der Waals surface area contributed by atoms with Crippen molar-refractivity contribution in [3.8, 4) is 0 Å². The van der Waals surface area contributed by atoms with Crippen LogP contribution in [0.5, 0.6) is 0 Å². The standard InChI is InChI=1S/C14H26N4O3S.ClH/c1-10(2)7-14(3,9-15)17-22(20,21)11-6-12(13(19)16-4)18(5)8-11;/h6,8,10,17H,7,9,15H2,1-5H3,(H,16,19);1H. The van der Waals surface area contributed by atoms with Crippen LogP contribution in [0.15, 0.2) is 17.2 Å². The molecule has 0 bridgehead atoms. The monoisotopic (exact) mass is 366 g/mol. The number of nitrogens with two attached hydrogens (primary N) is 1. The molecular weight excluding hydrogens is 340 g/mol. The Labute approximate surface area is 144 Å². The number of amides is 1. The Kier molecular flexibility index (Phi) is 7.75. The van der Waals surface area contributed by atoms with Gasteiger partial charge >= 0.3 is 0 Å². The molecule has 1 unspecified atom stereocenters. The summed E-state index contributed by atoms with van der Waals surface area (Å²) in [6, 6.07) is 1.35. The van der Waals surface area contributed by atoms with Gasteiger partial charge in [-0.25, -0.2) is 13.1 Å². The zero-order valence-corrected chi connectivity index (χ0v) is 15.8. The van der Waals surface area contributed by atoms with Crippen LogP contribution in [0.1, 0.15) is 37.7 Å². The van der Waals surface area contributed by atoms with E-state index in [1.54, 1.807) is 14.0 Å². The molecule has 0 saturated heterocycles. The summed E-state index contributed by atoms with van der Waals surface area (Å²) in [5.74, 6) is -0.0406. The van der Waals surface area contributed by atoms with Gasteiger partial charge in [0.1, 0.15) is 10.6 Å². The average Bonchev–Trinajstić information content (AvgIpc) is 2.79. The van der Waals surface area contributed by atoms with Crippen molar-refractivity contribution in [3.05, 3.63) is 18.0 Å². The van der Waals surface area contributed by atoms with E-state index in [9.17, 15) is 13.2 Å². The van der Waals surface area contributed by atoms with Crippen molar-refractivity contribution in [2.24, 2.45) is 18.7 Å². The summed E-state index contributed by atoms with van der Waals surface area (Å²) in [6.45, 7) is 6.00. The molecule has 134 valence electrons. The van der Waals surface area contributed by atoms with E-state index in [1.807, 2.05) is 13.8 Å². The molecule has 1 amide bonds. The third-order valence-electron chi connectivity index (χ3n) is 3.44. The molecule has 0 aliphatic heterocycles. The van der Waals surface area contributed by atoms with Crippen LogP contribution in [0.3, 0.4) is 0 Å². The maximum atomic E-state index is 12.6. The first-order valence-corrected chi connectivity index (χ1v) is 8.65. The first kappa shape index (κ1) is 21.9. The summed E-state index contributed by atoms with van der Waals surface area (Å²) < 4.78 is 29.3. The number of rotatable bonds is 7. The lowest BCUT2D eigenvalue weighted by atomic mass is 9.92. The predicted molar refractivity (Wildman–Crippen MR) is 93.3 cm³/mol. The molecule has 0 aromatic carbocycles. The second kappa shape index (κ2) is 8.14. The summed E-state index contributed by atoms with van der Waals surface area (Å²) in [5.41, 5.74) is 5.30. The largest absolute Gasteiger partial charge is 0.354 e. The first-order valence-electron chi connectivity index (χ1n) is 7.17. The van der Waals surface area contributed by atoms with E-state index in [-0.39, 0.29) is 35.4 Å². The number of aryl methyl sites for hydroxylation is 1. The molecule has 0 saturated carbocycles. The highest BCUT2D eigenvalue weighted by atomic mass is 35.5. The molecule has 1 aromatic rings. The molecule has 7 nitrogen and oxygen atoms in total. The van der Waals surface area contributed by atoms with Gasteiger partial charge in [0.15, 0.2) is 0 Å². The van der Waals surface area contributed by atoms with Gasteiger partial charge in [0.2, 0.25) is 10.0 Å². The van der Waals surface area contributed by atoms with Crippen molar-refractivity contribution in [2.75, 3.05) is 13.6 Å². The Morgan fingerprint density at radius 3 is 2.43 bits per heavy atom. The predicted octanol–water partition coefficient (Wildman–Crippen LogP) is 0.848. The van der Waals surface area contributed by atoms with E-state index < -0.39 is 15.6 Å². The molecule has 9 heteroatoms. The molecule has 0 radical (unpaired) electrons. The van der Waals surface area contributed by atoms with Crippen molar-refractivity contribution in [2.45, 2.75) is 37.6 Å². The maximum absolute atomic E-state index is 12.6. The number of hydrogen-bond acceptors (Lipinski definition) is 4. The zero-order valence-electron chi connectivity index (χ0n) is 14.2. The highest BCUT2D eigenvalue weighted by molar-refractivity contribution is 7.89. The van der Waals surface area contributed by atoms with Crippen molar-refractivity contribution < 1.29 is 13.2 Å². The molecule has 1 aromatic heterocycles. The minimum absolute atomic E-state index is 0. The van der Waals surface area contributed by atoms with Crippen molar-refractivity contribution in [1.29, 1.82) is 0 Å². The molecule has 1 heterocycles. The van der Waals surface area contributed by atoms with Crippen LogP contribution in [0.4, 0.5) is 0 Å². The van der Waals surface area contributed by atoms with Gasteiger partial charge < -0.3 is 15.6 Å². The fraction of sp³-hybridized carbons (Fsp3) is 0.643. The van der Waals surface area contributed by atoms with E-state index in [0.717, 1.165) is 0 Å².